The molecule has 0 aromatic rings. The molecule has 0 aromatic heterocycles. The van der Waals surface area contributed by atoms with Crippen LogP contribution in [-0.4, -0.2) is 24.7 Å². The summed E-state index contributed by atoms with van der Waals surface area (Å²) in [5, 5.41) is -0.00299. The zero-order chi connectivity index (χ0) is 9.57. The third kappa shape index (κ3) is 2.16. The maximum Gasteiger partial charge on any atom is 0.189 e. The lowest BCUT2D eigenvalue weighted by Gasteiger charge is -2.45. The third-order valence-corrected chi connectivity index (χ3v) is 6.33. The molecule has 2 atom stereocenters. The summed E-state index contributed by atoms with van der Waals surface area (Å²) in [5.74, 6) is 0. The van der Waals surface area contributed by atoms with Gasteiger partial charge in [-0.2, -0.15) is 0 Å². The highest BCUT2D eigenvalue weighted by Crippen LogP contribution is 2.39. The lowest BCUT2D eigenvalue weighted by molar-refractivity contribution is 0.0782. The van der Waals surface area contributed by atoms with E-state index >= 15 is 0 Å². The van der Waals surface area contributed by atoms with Crippen LogP contribution in [0.1, 0.15) is 13.8 Å². The fourth-order valence-corrected chi connectivity index (χ4v) is 6.40. The second-order valence-corrected chi connectivity index (χ2v) is 9.75. The number of hydrogen-bond donors (Lipinski definition) is 0. The van der Waals surface area contributed by atoms with E-state index in [-0.39, 0.29) is 16.4 Å². The Bertz CT molecular complexity index is 182. The second-order valence-electron chi connectivity index (χ2n) is 4.59. The fourth-order valence-electron chi connectivity index (χ4n) is 1.82. The van der Waals surface area contributed by atoms with Gasteiger partial charge in [0.2, 0.25) is 0 Å². The monoisotopic (exact) mass is 226 g/mol. The van der Waals surface area contributed by atoms with E-state index in [1.54, 1.807) is 0 Å². The highest BCUT2D eigenvalue weighted by atomic mass is 35.5. The normalized spacial score (nSPS) is 39.5. The quantitative estimate of drug-likeness (QED) is 0.456. The van der Waals surface area contributed by atoms with Gasteiger partial charge in [0.25, 0.3) is 0 Å². The van der Waals surface area contributed by atoms with Crippen LogP contribution < -0.4 is 0 Å². The summed E-state index contributed by atoms with van der Waals surface area (Å²) in [6.45, 7) is 8.42. The van der Waals surface area contributed by atoms with Crippen LogP contribution in [-0.2, 0) is 4.43 Å². The van der Waals surface area contributed by atoms with Crippen molar-refractivity contribution in [3.63, 3.8) is 0 Å². The Balaban J connectivity index is 2.80. The van der Waals surface area contributed by atoms with Crippen molar-refractivity contribution < 1.29 is 4.43 Å². The predicted octanol–water partition coefficient (Wildman–Crippen LogP) is 3.22. The van der Waals surface area contributed by atoms with E-state index in [9.17, 15) is 0 Å². The molecule has 1 saturated heterocycles. The van der Waals surface area contributed by atoms with Gasteiger partial charge in [-0.1, -0.05) is 0 Å². The molecule has 1 heterocycles. The van der Waals surface area contributed by atoms with Crippen molar-refractivity contribution in [3.05, 3.63) is 0 Å². The Labute approximate surface area is 85.5 Å². The number of rotatable bonds is 0. The Kier molecular flexibility index (Phi) is 2.85. The second kappa shape index (κ2) is 3.16. The first-order valence-corrected chi connectivity index (χ1v) is 8.22. The molecule has 1 nitrogen and oxygen atoms in total. The highest BCUT2D eigenvalue weighted by Gasteiger charge is 2.46. The minimum Gasteiger partial charge on any atom is -0.411 e. The van der Waals surface area contributed by atoms with Crippen molar-refractivity contribution in [2.24, 2.45) is 0 Å². The van der Waals surface area contributed by atoms with Crippen LogP contribution in [0.4, 0.5) is 0 Å². The van der Waals surface area contributed by atoms with E-state index in [2.05, 4.69) is 13.1 Å². The van der Waals surface area contributed by atoms with Gasteiger partial charge >= 0.3 is 0 Å². The lowest BCUT2D eigenvalue weighted by atomic mass is 10.0. The summed E-state index contributed by atoms with van der Waals surface area (Å²) < 4.78 is 5.97. The van der Waals surface area contributed by atoms with Gasteiger partial charge in [-0.15, -0.1) is 23.2 Å². The van der Waals surface area contributed by atoms with E-state index in [1.807, 2.05) is 13.8 Å². The van der Waals surface area contributed by atoms with Crippen LogP contribution >= 0.6 is 23.2 Å². The Hall–Kier alpha value is 0.757. The Morgan fingerprint density at radius 2 is 1.83 bits per heavy atom. The minimum atomic E-state index is -1.55. The summed E-state index contributed by atoms with van der Waals surface area (Å²) in [6, 6.07) is 0.951. The van der Waals surface area contributed by atoms with Gasteiger partial charge in [0, 0.05) is 0 Å². The molecule has 1 aliphatic heterocycles. The van der Waals surface area contributed by atoms with E-state index in [0.717, 1.165) is 6.04 Å². The lowest BCUT2D eigenvalue weighted by Crippen LogP contribution is -2.56. The van der Waals surface area contributed by atoms with E-state index < -0.39 is 8.32 Å². The van der Waals surface area contributed by atoms with Gasteiger partial charge in [0.1, 0.15) is 0 Å². The molecule has 1 aliphatic rings. The summed E-state index contributed by atoms with van der Waals surface area (Å²) in [5.41, 5.74) is -0.262. The standard InChI is InChI=1S/C8H16Cl2OSi/c1-8(2)7(10)6(9)5-12(3,4)11-8/h6-7H,5H2,1-4H3. The van der Waals surface area contributed by atoms with Crippen LogP contribution in [0.5, 0.6) is 0 Å². The molecule has 72 valence electrons. The molecule has 0 radical (unpaired) electrons. The first kappa shape index (κ1) is 10.8. The van der Waals surface area contributed by atoms with Crippen LogP contribution in [0, 0.1) is 0 Å². The molecule has 0 saturated carbocycles. The van der Waals surface area contributed by atoms with Gasteiger partial charge in [-0.3, -0.25) is 0 Å². The van der Waals surface area contributed by atoms with E-state index in [4.69, 9.17) is 27.6 Å². The molecule has 0 N–H and O–H groups in total. The molecular formula is C8H16Cl2OSi. The number of hydrogen-bond acceptors (Lipinski definition) is 1. The fraction of sp³-hybridized carbons (Fsp3) is 1.00. The van der Waals surface area contributed by atoms with Gasteiger partial charge in [-0.25, -0.2) is 0 Å². The topological polar surface area (TPSA) is 9.23 Å². The molecule has 0 aromatic carbocycles. The smallest absolute Gasteiger partial charge is 0.189 e. The van der Waals surface area contributed by atoms with Crippen molar-refractivity contribution >= 4 is 31.5 Å². The largest absolute Gasteiger partial charge is 0.411 e. The Morgan fingerprint density at radius 1 is 1.33 bits per heavy atom. The Morgan fingerprint density at radius 3 is 2.25 bits per heavy atom. The summed E-state index contributed by atoms with van der Waals surface area (Å²) in [6.07, 6.45) is 0. The van der Waals surface area contributed by atoms with Crippen LogP contribution in [0.2, 0.25) is 19.1 Å². The van der Waals surface area contributed by atoms with Gasteiger partial charge in [0.15, 0.2) is 8.32 Å². The highest BCUT2D eigenvalue weighted by molar-refractivity contribution is 6.72. The van der Waals surface area contributed by atoms with Crippen LogP contribution in [0.25, 0.3) is 0 Å². The predicted molar refractivity (Wildman–Crippen MR) is 56.7 cm³/mol. The van der Waals surface area contributed by atoms with E-state index in [1.165, 1.54) is 0 Å². The van der Waals surface area contributed by atoms with Gasteiger partial charge < -0.3 is 4.43 Å². The number of halogens is 2. The zero-order valence-electron chi connectivity index (χ0n) is 8.03. The summed E-state index contributed by atoms with van der Waals surface area (Å²) in [7, 11) is -1.55. The molecule has 0 aliphatic carbocycles. The SMILES string of the molecule is CC1(C)O[Si](C)(C)CC(Cl)C1Cl. The molecule has 0 bridgehead atoms. The van der Waals surface area contributed by atoms with Crippen molar-refractivity contribution in [1.82, 2.24) is 0 Å². The van der Waals surface area contributed by atoms with E-state index in [0.29, 0.717) is 0 Å². The van der Waals surface area contributed by atoms with Gasteiger partial charge in [-0.05, 0) is 33.0 Å². The first-order valence-electron chi connectivity index (χ1n) is 4.23. The zero-order valence-corrected chi connectivity index (χ0v) is 10.5. The van der Waals surface area contributed by atoms with Crippen molar-refractivity contribution in [2.75, 3.05) is 0 Å². The maximum absolute atomic E-state index is 6.16. The van der Waals surface area contributed by atoms with Crippen molar-refractivity contribution in [3.8, 4) is 0 Å². The molecule has 2 unspecified atom stereocenters. The molecular weight excluding hydrogens is 211 g/mol. The third-order valence-electron chi connectivity index (χ3n) is 2.21. The molecule has 12 heavy (non-hydrogen) atoms. The molecule has 1 fully saturated rings. The van der Waals surface area contributed by atoms with Gasteiger partial charge in [0.05, 0.1) is 16.4 Å². The molecule has 1 rings (SSSR count). The molecule has 0 spiro atoms. The average molecular weight is 227 g/mol. The first-order chi connectivity index (χ1) is 5.25. The van der Waals surface area contributed by atoms with Crippen molar-refractivity contribution in [1.29, 1.82) is 0 Å². The minimum absolute atomic E-state index is 0.0667. The maximum atomic E-state index is 6.16. The van der Waals surface area contributed by atoms with Crippen LogP contribution in [0.15, 0.2) is 0 Å². The average Bonchev–Trinajstić information content (AvgIpc) is 1.79. The summed E-state index contributed by atoms with van der Waals surface area (Å²) in [4.78, 5) is 0. The number of alkyl halides is 2. The van der Waals surface area contributed by atoms with Crippen molar-refractivity contribution in [2.45, 2.75) is 49.3 Å². The van der Waals surface area contributed by atoms with Crippen LogP contribution in [0.3, 0.4) is 0 Å². The molecule has 0 amide bonds. The molecule has 4 heteroatoms. The summed E-state index contributed by atoms with van der Waals surface area (Å²) >= 11 is 12.3.